The molecule has 1 aliphatic heterocycles. The van der Waals surface area contributed by atoms with Gasteiger partial charge in [-0.1, -0.05) is 18.2 Å². The van der Waals surface area contributed by atoms with E-state index >= 15 is 0 Å². The lowest BCUT2D eigenvalue weighted by Gasteiger charge is -2.22. The van der Waals surface area contributed by atoms with Crippen LogP contribution in [0.5, 0.6) is 0 Å². The molecule has 0 saturated heterocycles. The molecule has 5 heteroatoms. The highest BCUT2D eigenvalue weighted by Gasteiger charge is 2.29. The Bertz CT molecular complexity index is 419. The fourth-order valence-corrected chi connectivity index (χ4v) is 2.38. The van der Waals surface area contributed by atoms with Gasteiger partial charge in [0.05, 0.1) is 12.3 Å². The lowest BCUT2D eigenvalue weighted by atomic mass is 9.95. The van der Waals surface area contributed by atoms with E-state index in [1.807, 2.05) is 18.2 Å². The van der Waals surface area contributed by atoms with Gasteiger partial charge in [0.15, 0.2) is 0 Å². The first kappa shape index (κ1) is 10.0. The summed E-state index contributed by atoms with van der Waals surface area (Å²) in [7, 11) is 0. The Morgan fingerprint density at radius 3 is 2.93 bits per heavy atom. The van der Waals surface area contributed by atoms with Crippen LogP contribution in [0.3, 0.4) is 0 Å². The number of nitrogens with one attached hydrogen (secondary N) is 1. The molecule has 2 rings (SSSR count). The summed E-state index contributed by atoms with van der Waals surface area (Å²) in [5, 5.41) is 8.72. The maximum absolute atomic E-state index is 11.5. The van der Waals surface area contributed by atoms with E-state index in [1.165, 1.54) is 11.9 Å². The minimum atomic E-state index is -0.961. The molecule has 0 fully saturated rings. The van der Waals surface area contributed by atoms with Gasteiger partial charge >= 0.3 is 5.97 Å². The third-order valence-electron chi connectivity index (χ3n) is 2.25. The summed E-state index contributed by atoms with van der Waals surface area (Å²) in [6.07, 6.45) is -0.163. The van der Waals surface area contributed by atoms with Crippen LogP contribution < -0.4 is 4.72 Å². The van der Waals surface area contributed by atoms with Crippen LogP contribution in [0.4, 0.5) is 0 Å². The molecule has 0 radical (unpaired) electrons. The van der Waals surface area contributed by atoms with Gasteiger partial charge in [0.25, 0.3) is 0 Å². The van der Waals surface area contributed by atoms with E-state index < -0.39 is 11.9 Å². The van der Waals surface area contributed by atoms with Crippen LogP contribution in [-0.4, -0.2) is 17.0 Å². The van der Waals surface area contributed by atoms with E-state index in [9.17, 15) is 9.59 Å². The average Bonchev–Trinajstić information content (AvgIpc) is 2.22. The number of aliphatic carboxylic acids is 1. The average molecular weight is 223 g/mol. The Balaban J connectivity index is 2.37. The predicted molar refractivity (Wildman–Crippen MR) is 55.4 cm³/mol. The highest BCUT2D eigenvalue weighted by atomic mass is 32.2. The molecule has 1 unspecified atom stereocenters. The second-order valence-corrected chi connectivity index (χ2v) is 4.10. The summed E-state index contributed by atoms with van der Waals surface area (Å²) in [5.41, 5.74) is 0.800. The molecule has 0 spiro atoms. The molecule has 78 valence electrons. The topological polar surface area (TPSA) is 66.4 Å². The highest BCUT2D eigenvalue weighted by molar-refractivity contribution is 7.98. The van der Waals surface area contributed by atoms with Crippen molar-refractivity contribution in [2.24, 2.45) is 0 Å². The van der Waals surface area contributed by atoms with E-state index in [0.717, 1.165) is 10.5 Å². The van der Waals surface area contributed by atoms with Gasteiger partial charge in [-0.05, 0) is 23.6 Å². The van der Waals surface area contributed by atoms with Crippen molar-refractivity contribution >= 4 is 23.8 Å². The molecule has 0 aliphatic carbocycles. The van der Waals surface area contributed by atoms with Gasteiger partial charge < -0.3 is 5.11 Å². The summed E-state index contributed by atoms with van der Waals surface area (Å²) in [4.78, 5) is 23.1. The molecule has 0 aromatic heterocycles. The summed E-state index contributed by atoms with van der Waals surface area (Å²) >= 11 is 1.24. The monoisotopic (exact) mass is 223 g/mol. The minimum Gasteiger partial charge on any atom is -0.481 e. The molecule has 0 bridgehead atoms. The fraction of sp³-hybridized carbons (Fsp3) is 0.200. The van der Waals surface area contributed by atoms with E-state index in [0.29, 0.717) is 0 Å². The smallest absolute Gasteiger partial charge is 0.304 e. The molecule has 1 atom stereocenters. The van der Waals surface area contributed by atoms with Gasteiger partial charge in [0, 0.05) is 4.90 Å². The van der Waals surface area contributed by atoms with Gasteiger partial charge in [-0.2, -0.15) is 0 Å². The largest absolute Gasteiger partial charge is 0.481 e. The maximum atomic E-state index is 11.5. The molecule has 1 aliphatic rings. The zero-order valence-electron chi connectivity index (χ0n) is 7.77. The summed E-state index contributed by atoms with van der Waals surface area (Å²) in [5.74, 6) is -1.77. The van der Waals surface area contributed by atoms with Crippen molar-refractivity contribution in [1.82, 2.24) is 4.72 Å². The van der Waals surface area contributed by atoms with Crippen LogP contribution in [0.2, 0.25) is 0 Å². The number of carbonyl (C=O) groups excluding carboxylic acids is 1. The summed E-state index contributed by atoms with van der Waals surface area (Å²) in [6.45, 7) is 0. The molecule has 1 amide bonds. The standard InChI is InChI=1S/C10H9NO3S/c12-9(13)5-7-6-3-1-2-4-8(6)15-11-10(7)14/h1-4,7H,5H2,(H,11,14)(H,12,13). The van der Waals surface area contributed by atoms with Gasteiger partial charge in [0.2, 0.25) is 5.91 Å². The van der Waals surface area contributed by atoms with Gasteiger partial charge in [-0.15, -0.1) is 0 Å². The zero-order chi connectivity index (χ0) is 10.8. The van der Waals surface area contributed by atoms with E-state index in [1.54, 1.807) is 6.07 Å². The lowest BCUT2D eigenvalue weighted by molar-refractivity contribution is -0.139. The first-order valence-electron chi connectivity index (χ1n) is 4.46. The van der Waals surface area contributed by atoms with Crippen LogP contribution in [0.15, 0.2) is 29.2 Å². The first-order chi connectivity index (χ1) is 7.18. The van der Waals surface area contributed by atoms with Crippen molar-refractivity contribution in [3.63, 3.8) is 0 Å². The van der Waals surface area contributed by atoms with E-state index in [-0.39, 0.29) is 12.3 Å². The Morgan fingerprint density at radius 1 is 1.47 bits per heavy atom. The second-order valence-electron chi connectivity index (χ2n) is 3.26. The number of carbonyl (C=O) groups is 2. The van der Waals surface area contributed by atoms with E-state index in [4.69, 9.17) is 5.11 Å². The lowest BCUT2D eigenvalue weighted by Crippen LogP contribution is -2.30. The summed E-state index contributed by atoms with van der Waals surface area (Å²) < 4.78 is 2.61. The third kappa shape index (κ3) is 1.97. The SMILES string of the molecule is O=C(O)CC1C(=O)NSc2ccccc21. The first-order valence-corrected chi connectivity index (χ1v) is 5.27. The predicted octanol–water partition coefficient (Wildman–Crippen LogP) is 1.38. The number of hydrogen-bond donors (Lipinski definition) is 2. The second kappa shape index (κ2) is 3.94. The van der Waals surface area contributed by atoms with Crippen molar-refractivity contribution in [1.29, 1.82) is 0 Å². The van der Waals surface area contributed by atoms with Crippen molar-refractivity contribution in [2.45, 2.75) is 17.2 Å². The van der Waals surface area contributed by atoms with Crippen molar-refractivity contribution in [2.75, 3.05) is 0 Å². The number of carboxylic acids is 1. The van der Waals surface area contributed by atoms with Crippen molar-refractivity contribution in [3.8, 4) is 0 Å². The summed E-state index contributed by atoms with van der Waals surface area (Å²) in [6, 6.07) is 7.34. The van der Waals surface area contributed by atoms with Gasteiger partial charge in [-0.25, -0.2) is 0 Å². The maximum Gasteiger partial charge on any atom is 0.304 e. The van der Waals surface area contributed by atoms with Crippen molar-refractivity contribution < 1.29 is 14.7 Å². The van der Waals surface area contributed by atoms with Gasteiger partial charge in [-0.3, -0.25) is 14.3 Å². The Labute approximate surface area is 90.8 Å². The Morgan fingerprint density at radius 2 is 2.20 bits per heavy atom. The zero-order valence-corrected chi connectivity index (χ0v) is 8.58. The normalized spacial score (nSPS) is 19.2. The molecule has 2 N–H and O–H groups in total. The Kier molecular flexibility index (Phi) is 2.64. The number of amides is 1. The number of fused-ring (bicyclic) bond motifs is 1. The number of carboxylic acid groups (broad SMARTS) is 1. The molecule has 1 aromatic carbocycles. The van der Waals surface area contributed by atoms with Gasteiger partial charge in [0.1, 0.15) is 0 Å². The quantitative estimate of drug-likeness (QED) is 0.743. The number of benzene rings is 1. The molecule has 0 saturated carbocycles. The van der Waals surface area contributed by atoms with Crippen molar-refractivity contribution in [3.05, 3.63) is 29.8 Å². The molecular formula is C10H9NO3S. The molecule has 4 nitrogen and oxygen atoms in total. The van der Waals surface area contributed by atoms with Crippen LogP contribution in [0.1, 0.15) is 17.9 Å². The molecule has 1 aromatic rings. The van der Waals surface area contributed by atoms with Crippen LogP contribution in [-0.2, 0) is 9.59 Å². The number of rotatable bonds is 2. The minimum absolute atomic E-state index is 0.163. The third-order valence-corrected chi connectivity index (χ3v) is 3.15. The highest BCUT2D eigenvalue weighted by Crippen LogP contribution is 2.34. The molecule has 1 heterocycles. The van der Waals surface area contributed by atoms with Crippen LogP contribution in [0.25, 0.3) is 0 Å². The fourth-order valence-electron chi connectivity index (χ4n) is 1.56. The molecular weight excluding hydrogens is 214 g/mol. The number of hydrogen-bond acceptors (Lipinski definition) is 3. The van der Waals surface area contributed by atoms with Crippen LogP contribution in [0, 0.1) is 0 Å². The molecule has 15 heavy (non-hydrogen) atoms. The Hall–Kier alpha value is -1.49. The van der Waals surface area contributed by atoms with Crippen LogP contribution >= 0.6 is 11.9 Å². The van der Waals surface area contributed by atoms with E-state index in [2.05, 4.69) is 4.72 Å².